The Morgan fingerprint density at radius 3 is 2.68 bits per heavy atom. The van der Waals surface area contributed by atoms with E-state index in [0.29, 0.717) is 30.0 Å². The first kappa shape index (κ1) is 18.0. The number of nitriles is 1. The van der Waals surface area contributed by atoms with Gasteiger partial charge in [0.15, 0.2) is 0 Å². The second-order valence-corrected chi connectivity index (χ2v) is 5.20. The van der Waals surface area contributed by atoms with Crippen LogP contribution in [0.4, 0.5) is 0 Å². The molecule has 2 aromatic rings. The van der Waals surface area contributed by atoms with Gasteiger partial charge in [0.2, 0.25) is 5.91 Å². The second-order valence-electron chi connectivity index (χ2n) is 5.20. The van der Waals surface area contributed by atoms with E-state index in [1.165, 1.54) is 0 Å². The lowest BCUT2D eigenvalue weighted by atomic mass is 10.1. The first-order valence-corrected chi connectivity index (χ1v) is 7.89. The molecular weight excluding hydrogens is 318 g/mol. The summed E-state index contributed by atoms with van der Waals surface area (Å²) < 4.78 is 5.40. The lowest BCUT2D eigenvalue weighted by Gasteiger charge is -2.10. The van der Waals surface area contributed by atoms with Crippen molar-refractivity contribution in [3.63, 3.8) is 0 Å². The van der Waals surface area contributed by atoms with Gasteiger partial charge in [-0.1, -0.05) is 24.3 Å². The summed E-state index contributed by atoms with van der Waals surface area (Å²) in [5, 5.41) is 14.1. The predicted molar refractivity (Wildman–Crippen MR) is 92.9 cm³/mol. The zero-order valence-electron chi connectivity index (χ0n) is 13.9. The quantitative estimate of drug-likeness (QED) is 0.808. The van der Waals surface area contributed by atoms with Crippen LogP contribution in [0.2, 0.25) is 0 Å². The number of amides is 2. The maximum atomic E-state index is 12.2. The molecule has 0 fully saturated rings. The average molecular weight is 337 g/mol. The van der Waals surface area contributed by atoms with Crippen LogP contribution in [-0.4, -0.2) is 25.0 Å². The normalized spacial score (nSPS) is 9.76. The van der Waals surface area contributed by atoms with Crippen LogP contribution in [0.15, 0.2) is 48.5 Å². The van der Waals surface area contributed by atoms with E-state index in [1.807, 2.05) is 19.1 Å². The Balaban J connectivity index is 1.85. The first-order valence-electron chi connectivity index (χ1n) is 7.89. The topological polar surface area (TPSA) is 91.2 Å². The molecule has 0 aliphatic heterocycles. The number of hydrogen-bond acceptors (Lipinski definition) is 4. The molecule has 0 saturated heterocycles. The molecule has 2 aromatic carbocycles. The Morgan fingerprint density at radius 1 is 1.12 bits per heavy atom. The van der Waals surface area contributed by atoms with Gasteiger partial charge < -0.3 is 15.4 Å². The van der Waals surface area contributed by atoms with E-state index in [9.17, 15) is 9.59 Å². The molecule has 25 heavy (non-hydrogen) atoms. The van der Waals surface area contributed by atoms with Crippen molar-refractivity contribution in [3.8, 4) is 11.8 Å². The molecule has 6 heteroatoms. The smallest absolute Gasteiger partial charge is 0.255 e. The maximum Gasteiger partial charge on any atom is 0.255 e. The minimum absolute atomic E-state index is 0.142. The van der Waals surface area contributed by atoms with E-state index < -0.39 is 0 Å². The van der Waals surface area contributed by atoms with Crippen LogP contribution in [0.1, 0.15) is 28.4 Å². The van der Waals surface area contributed by atoms with E-state index in [0.717, 1.165) is 5.56 Å². The van der Waals surface area contributed by atoms with Gasteiger partial charge in [0, 0.05) is 6.54 Å². The van der Waals surface area contributed by atoms with Crippen LogP contribution >= 0.6 is 0 Å². The number of ether oxygens (including phenoxy) is 1. The molecule has 6 nitrogen and oxygen atoms in total. The lowest BCUT2D eigenvalue weighted by molar-refractivity contribution is -0.120. The molecule has 0 unspecified atom stereocenters. The van der Waals surface area contributed by atoms with E-state index >= 15 is 0 Å². The lowest BCUT2D eigenvalue weighted by Crippen LogP contribution is -2.36. The largest absolute Gasteiger partial charge is 0.493 e. The SMILES string of the molecule is CCOc1ccccc1C(=O)NCC(=O)NCc1cccc(C#N)c1. The molecule has 0 aromatic heterocycles. The van der Waals surface area contributed by atoms with Gasteiger partial charge in [0.05, 0.1) is 30.3 Å². The van der Waals surface area contributed by atoms with Crippen LogP contribution in [0.25, 0.3) is 0 Å². The summed E-state index contributed by atoms with van der Waals surface area (Å²) in [7, 11) is 0. The number of nitrogens with zero attached hydrogens (tertiary/aromatic N) is 1. The highest BCUT2D eigenvalue weighted by Crippen LogP contribution is 2.17. The van der Waals surface area contributed by atoms with Gasteiger partial charge in [-0.15, -0.1) is 0 Å². The highest BCUT2D eigenvalue weighted by atomic mass is 16.5. The zero-order chi connectivity index (χ0) is 18.1. The van der Waals surface area contributed by atoms with Crippen molar-refractivity contribution in [2.45, 2.75) is 13.5 Å². The monoisotopic (exact) mass is 337 g/mol. The average Bonchev–Trinajstić information content (AvgIpc) is 2.65. The molecule has 0 atom stereocenters. The van der Waals surface area contributed by atoms with E-state index in [2.05, 4.69) is 10.6 Å². The summed E-state index contributed by atoms with van der Waals surface area (Å²) in [5.41, 5.74) is 1.74. The third-order valence-corrected chi connectivity index (χ3v) is 3.39. The molecule has 0 radical (unpaired) electrons. The Morgan fingerprint density at radius 2 is 1.92 bits per heavy atom. The molecular formula is C19H19N3O3. The van der Waals surface area contributed by atoms with Crippen molar-refractivity contribution in [2.24, 2.45) is 0 Å². The van der Waals surface area contributed by atoms with Gasteiger partial charge in [0.25, 0.3) is 5.91 Å². The van der Waals surface area contributed by atoms with Gasteiger partial charge in [0.1, 0.15) is 5.75 Å². The Hall–Kier alpha value is -3.33. The van der Waals surface area contributed by atoms with Gasteiger partial charge in [-0.25, -0.2) is 0 Å². The number of hydrogen-bond donors (Lipinski definition) is 2. The molecule has 0 bridgehead atoms. The molecule has 2 N–H and O–H groups in total. The van der Waals surface area contributed by atoms with Gasteiger partial charge in [-0.05, 0) is 36.8 Å². The Kier molecular flexibility index (Phi) is 6.55. The molecule has 0 aliphatic rings. The van der Waals surface area contributed by atoms with Gasteiger partial charge in [-0.2, -0.15) is 5.26 Å². The van der Waals surface area contributed by atoms with Crippen LogP contribution in [0.3, 0.4) is 0 Å². The van der Waals surface area contributed by atoms with Crippen molar-refractivity contribution in [2.75, 3.05) is 13.2 Å². The summed E-state index contributed by atoms with van der Waals surface area (Å²) >= 11 is 0. The molecule has 2 rings (SSSR count). The summed E-state index contributed by atoms with van der Waals surface area (Å²) in [6.07, 6.45) is 0. The molecule has 0 spiro atoms. The van der Waals surface area contributed by atoms with Crippen molar-refractivity contribution < 1.29 is 14.3 Å². The fourth-order valence-corrected chi connectivity index (χ4v) is 2.21. The maximum absolute atomic E-state index is 12.2. The highest BCUT2D eigenvalue weighted by Gasteiger charge is 2.12. The van der Waals surface area contributed by atoms with Crippen LogP contribution in [-0.2, 0) is 11.3 Å². The summed E-state index contributed by atoms with van der Waals surface area (Å²) in [6, 6.07) is 15.9. The zero-order valence-corrected chi connectivity index (χ0v) is 13.9. The Labute approximate surface area is 146 Å². The van der Waals surface area contributed by atoms with Crippen LogP contribution in [0, 0.1) is 11.3 Å². The van der Waals surface area contributed by atoms with E-state index in [4.69, 9.17) is 10.00 Å². The van der Waals surface area contributed by atoms with Crippen LogP contribution in [0.5, 0.6) is 5.75 Å². The number of benzene rings is 2. The van der Waals surface area contributed by atoms with Crippen molar-refractivity contribution in [1.82, 2.24) is 10.6 Å². The van der Waals surface area contributed by atoms with Crippen LogP contribution < -0.4 is 15.4 Å². The predicted octanol–water partition coefficient (Wildman–Crippen LogP) is 2.00. The minimum atomic E-state index is -0.370. The molecule has 2 amide bonds. The van der Waals surface area contributed by atoms with Crippen molar-refractivity contribution in [3.05, 3.63) is 65.2 Å². The highest BCUT2D eigenvalue weighted by molar-refractivity contribution is 5.98. The third-order valence-electron chi connectivity index (χ3n) is 3.39. The number of carbonyl (C=O) groups is 2. The number of nitrogens with one attached hydrogen (secondary N) is 2. The van der Waals surface area contributed by atoms with Crippen molar-refractivity contribution in [1.29, 1.82) is 5.26 Å². The molecule has 0 saturated carbocycles. The second kappa shape index (κ2) is 9.08. The molecule has 0 aliphatic carbocycles. The molecule has 0 heterocycles. The number of carbonyl (C=O) groups excluding carboxylic acids is 2. The summed E-state index contributed by atoms with van der Waals surface area (Å²) in [5.74, 6) is -0.202. The van der Waals surface area contributed by atoms with E-state index in [-0.39, 0.29) is 18.4 Å². The fraction of sp³-hybridized carbons (Fsp3) is 0.211. The number of para-hydroxylation sites is 1. The summed E-state index contributed by atoms with van der Waals surface area (Å²) in [4.78, 5) is 24.1. The molecule has 128 valence electrons. The number of rotatable bonds is 7. The van der Waals surface area contributed by atoms with Crippen molar-refractivity contribution >= 4 is 11.8 Å². The van der Waals surface area contributed by atoms with Gasteiger partial charge >= 0.3 is 0 Å². The Bertz CT molecular complexity index is 796. The van der Waals surface area contributed by atoms with Gasteiger partial charge in [-0.3, -0.25) is 9.59 Å². The minimum Gasteiger partial charge on any atom is -0.493 e. The fourth-order valence-electron chi connectivity index (χ4n) is 2.21. The van der Waals surface area contributed by atoms with E-state index in [1.54, 1.807) is 42.5 Å². The first-order chi connectivity index (χ1) is 12.1. The standard InChI is InChI=1S/C19H19N3O3/c1-2-25-17-9-4-3-8-16(17)19(24)22-13-18(23)21-12-15-7-5-6-14(10-15)11-20/h3-10H,2,12-13H2,1H3,(H,21,23)(H,22,24). The summed E-state index contributed by atoms with van der Waals surface area (Å²) in [6.45, 7) is 2.44. The third kappa shape index (κ3) is 5.36.